The Kier molecular flexibility index (Phi) is 2.67. The van der Waals surface area contributed by atoms with Gasteiger partial charge in [-0.25, -0.2) is 4.98 Å². The number of rotatable bonds is 1. The molecule has 1 fully saturated rings. The van der Waals surface area contributed by atoms with E-state index in [1.807, 2.05) is 6.92 Å². The molecule has 1 saturated heterocycles. The van der Waals surface area contributed by atoms with E-state index >= 15 is 0 Å². The van der Waals surface area contributed by atoms with Gasteiger partial charge in [0.15, 0.2) is 0 Å². The zero-order valence-electron chi connectivity index (χ0n) is 10.6. The van der Waals surface area contributed by atoms with Gasteiger partial charge in [0.1, 0.15) is 5.82 Å². The molecule has 18 heavy (non-hydrogen) atoms. The van der Waals surface area contributed by atoms with Gasteiger partial charge in [0, 0.05) is 18.3 Å². The molecule has 0 spiro atoms. The second kappa shape index (κ2) is 4.21. The molecule has 0 aliphatic carbocycles. The molecule has 4 nitrogen and oxygen atoms in total. The monoisotopic (exact) mass is 243 g/mol. The van der Waals surface area contributed by atoms with Gasteiger partial charge in [-0.15, -0.1) is 0 Å². The van der Waals surface area contributed by atoms with Crippen LogP contribution in [0.2, 0.25) is 0 Å². The molecule has 4 heteroatoms. The van der Waals surface area contributed by atoms with Crippen LogP contribution in [0.1, 0.15) is 30.9 Å². The summed E-state index contributed by atoms with van der Waals surface area (Å²) in [6.07, 6.45) is 3.83. The maximum atomic E-state index is 12.1. The minimum absolute atomic E-state index is 0.0208. The second-order valence-electron chi connectivity index (χ2n) is 5.13. The van der Waals surface area contributed by atoms with Crippen molar-refractivity contribution < 1.29 is 4.79 Å². The van der Waals surface area contributed by atoms with Crippen molar-refractivity contribution >= 4 is 17.3 Å². The van der Waals surface area contributed by atoms with Crippen molar-refractivity contribution in [2.24, 2.45) is 0 Å². The molecule has 1 aromatic rings. The highest BCUT2D eigenvalue weighted by Crippen LogP contribution is 2.28. The van der Waals surface area contributed by atoms with Gasteiger partial charge in [-0.2, -0.15) is 0 Å². The maximum absolute atomic E-state index is 12.1. The zero-order chi connectivity index (χ0) is 12.7. The molecule has 1 atom stereocenters. The smallest absolute Gasteiger partial charge is 0.242 e. The van der Waals surface area contributed by atoms with Gasteiger partial charge in [-0.3, -0.25) is 9.69 Å². The van der Waals surface area contributed by atoms with Crippen LogP contribution in [0.25, 0.3) is 5.57 Å². The number of amides is 1. The highest BCUT2D eigenvalue weighted by Gasteiger charge is 2.34. The van der Waals surface area contributed by atoms with E-state index < -0.39 is 0 Å². The number of pyridine rings is 1. The molecule has 1 N–H and O–H groups in total. The van der Waals surface area contributed by atoms with Gasteiger partial charge in [-0.05, 0) is 43.5 Å². The fourth-order valence-corrected chi connectivity index (χ4v) is 2.71. The Labute approximate surface area is 107 Å². The average Bonchev–Trinajstić information content (AvgIpc) is 2.74. The molecule has 0 saturated carbocycles. The third kappa shape index (κ3) is 1.82. The second-order valence-corrected chi connectivity index (χ2v) is 5.13. The molecule has 1 aromatic heterocycles. The van der Waals surface area contributed by atoms with Crippen LogP contribution >= 0.6 is 0 Å². The number of carbonyl (C=O) groups excluding carboxylic acids is 1. The van der Waals surface area contributed by atoms with Crippen LogP contribution in [0, 0.1) is 0 Å². The van der Waals surface area contributed by atoms with Crippen LogP contribution in [0.15, 0.2) is 18.8 Å². The summed E-state index contributed by atoms with van der Waals surface area (Å²) in [5.41, 5.74) is 3.13. The number of nitrogens with one attached hydrogen (secondary N) is 1. The van der Waals surface area contributed by atoms with E-state index in [2.05, 4.69) is 27.8 Å². The summed E-state index contributed by atoms with van der Waals surface area (Å²) in [6.45, 7) is 7.70. The van der Waals surface area contributed by atoms with E-state index in [0.29, 0.717) is 5.82 Å². The lowest BCUT2D eigenvalue weighted by Crippen LogP contribution is -2.36. The van der Waals surface area contributed by atoms with Crippen LogP contribution < -0.4 is 5.32 Å². The lowest BCUT2D eigenvalue weighted by molar-refractivity contribution is -0.120. The molecule has 0 bridgehead atoms. The van der Waals surface area contributed by atoms with Crippen LogP contribution in [0.4, 0.5) is 5.82 Å². The van der Waals surface area contributed by atoms with Gasteiger partial charge < -0.3 is 5.32 Å². The predicted molar refractivity (Wildman–Crippen MR) is 71.0 cm³/mol. The summed E-state index contributed by atoms with van der Waals surface area (Å²) in [7, 11) is 0. The summed E-state index contributed by atoms with van der Waals surface area (Å²) in [5, 5.41) is 2.94. The topological polar surface area (TPSA) is 45.2 Å². The van der Waals surface area contributed by atoms with Crippen molar-refractivity contribution in [2.75, 3.05) is 11.9 Å². The van der Waals surface area contributed by atoms with Crippen LogP contribution in [0.5, 0.6) is 0 Å². The van der Waals surface area contributed by atoms with Crippen LogP contribution in [0.3, 0.4) is 0 Å². The van der Waals surface area contributed by atoms with Crippen molar-refractivity contribution in [3.05, 3.63) is 30.0 Å². The summed E-state index contributed by atoms with van der Waals surface area (Å²) < 4.78 is 0. The molecular formula is C14H17N3O. The Morgan fingerprint density at radius 2 is 2.44 bits per heavy atom. The van der Waals surface area contributed by atoms with E-state index in [4.69, 9.17) is 0 Å². The number of aromatic nitrogens is 1. The first kappa shape index (κ1) is 11.4. The predicted octanol–water partition coefficient (Wildman–Crippen LogP) is 2.03. The normalized spacial score (nSPS) is 22.9. The zero-order valence-corrected chi connectivity index (χ0v) is 10.6. The first-order valence-electron chi connectivity index (χ1n) is 6.35. The van der Waals surface area contributed by atoms with Crippen molar-refractivity contribution in [1.82, 2.24) is 9.88 Å². The Morgan fingerprint density at radius 1 is 1.61 bits per heavy atom. The highest BCUT2D eigenvalue weighted by atomic mass is 16.2. The number of hydrogen-bond donors (Lipinski definition) is 1. The van der Waals surface area contributed by atoms with Gasteiger partial charge in [-0.1, -0.05) is 6.58 Å². The number of nitrogens with zero attached hydrogens (tertiary/aromatic N) is 2. The van der Waals surface area contributed by atoms with Gasteiger partial charge in [0.05, 0.1) is 6.04 Å². The summed E-state index contributed by atoms with van der Waals surface area (Å²) in [4.78, 5) is 18.7. The fraction of sp³-hybridized carbons (Fsp3) is 0.429. The van der Waals surface area contributed by atoms with Crippen molar-refractivity contribution in [3.63, 3.8) is 0 Å². The van der Waals surface area contributed by atoms with E-state index in [0.717, 1.165) is 42.6 Å². The van der Waals surface area contributed by atoms with E-state index in [1.165, 1.54) is 0 Å². The molecule has 2 aliphatic heterocycles. The highest BCUT2D eigenvalue weighted by molar-refractivity contribution is 5.95. The molecular weight excluding hydrogens is 226 g/mol. The summed E-state index contributed by atoms with van der Waals surface area (Å²) in [5.74, 6) is 0.793. The fourth-order valence-electron chi connectivity index (χ4n) is 2.71. The Hall–Kier alpha value is -1.68. The van der Waals surface area contributed by atoms with Crippen molar-refractivity contribution in [1.29, 1.82) is 0 Å². The van der Waals surface area contributed by atoms with Crippen molar-refractivity contribution in [3.8, 4) is 0 Å². The molecule has 0 aromatic carbocycles. The molecule has 2 aliphatic rings. The largest absolute Gasteiger partial charge is 0.309 e. The Bertz CT molecular complexity index is 524. The quantitative estimate of drug-likeness (QED) is 0.821. The molecule has 1 unspecified atom stereocenters. The molecule has 3 heterocycles. The summed E-state index contributed by atoms with van der Waals surface area (Å²) >= 11 is 0. The molecule has 0 radical (unpaired) electrons. The van der Waals surface area contributed by atoms with Crippen molar-refractivity contribution in [2.45, 2.75) is 32.4 Å². The average molecular weight is 243 g/mol. The lowest BCUT2D eigenvalue weighted by atomic mass is 10.1. The molecule has 3 rings (SSSR count). The number of hydrogen-bond acceptors (Lipinski definition) is 3. The van der Waals surface area contributed by atoms with Gasteiger partial charge in [0.2, 0.25) is 5.91 Å². The third-order valence-corrected chi connectivity index (χ3v) is 3.74. The minimum atomic E-state index is 0.0208. The van der Waals surface area contributed by atoms with E-state index in [-0.39, 0.29) is 11.9 Å². The van der Waals surface area contributed by atoms with Crippen LogP contribution in [-0.2, 0) is 11.3 Å². The van der Waals surface area contributed by atoms with E-state index in [9.17, 15) is 4.79 Å². The summed E-state index contributed by atoms with van der Waals surface area (Å²) in [6, 6.07) is 2.11. The number of carbonyl (C=O) groups is 1. The number of allylic oxidation sites excluding steroid dienone is 1. The molecule has 94 valence electrons. The number of fused-ring (bicyclic) bond motifs is 2. The van der Waals surface area contributed by atoms with Crippen LogP contribution in [-0.4, -0.2) is 28.4 Å². The number of anilines is 1. The standard InChI is InChI=1S/C14H17N3O/c1-9(2)10-6-11-8-17-5-3-4-12(17)14(18)16-13(11)15-7-10/h6-7,12H,1,3-5,8H2,2H3,(H,15,16,18). The van der Waals surface area contributed by atoms with Gasteiger partial charge >= 0.3 is 0 Å². The first-order chi connectivity index (χ1) is 8.65. The first-order valence-corrected chi connectivity index (χ1v) is 6.35. The van der Waals surface area contributed by atoms with Gasteiger partial charge in [0.25, 0.3) is 0 Å². The van der Waals surface area contributed by atoms with E-state index in [1.54, 1.807) is 6.20 Å². The molecule has 1 amide bonds. The Balaban J connectivity index is 2.00. The minimum Gasteiger partial charge on any atom is -0.309 e. The maximum Gasteiger partial charge on any atom is 0.242 e. The third-order valence-electron chi connectivity index (χ3n) is 3.74. The lowest BCUT2D eigenvalue weighted by Gasteiger charge is -2.19. The Morgan fingerprint density at radius 3 is 3.22 bits per heavy atom. The SMILES string of the molecule is C=C(C)c1cnc2c(c1)CN1CCCC1C(=O)N2.